The van der Waals surface area contributed by atoms with Crippen molar-refractivity contribution in [3.8, 4) is 17.1 Å². The van der Waals surface area contributed by atoms with Gasteiger partial charge in [0, 0.05) is 0 Å². The van der Waals surface area contributed by atoms with E-state index in [1.54, 1.807) is 0 Å². The highest BCUT2D eigenvalue weighted by atomic mass is 19.4. The maximum Gasteiger partial charge on any atom is 0.416 e. The van der Waals surface area contributed by atoms with Crippen LogP contribution in [0.4, 0.5) is 13.2 Å². The molecule has 0 aliphatic rings. The van der Waals surface area contributed by atoms with Crippen molar-refractivity contribution in [2.45, 2.75) is 6.18 Å². The monoisotopic (exact) mass is 270 g/mol. The first-order chi connectivity index (χ1) is 8.95. The molecule has 0 amide bonds. The predicted octanol–water partition coefficient (Wildman–Crippen LogP) is 3.79. The summed E-state index contributed by atoms with van der Waals surface area (Å²) < 4.78 is 48.1. The molecule has 0 fully saturated rings. The van der Waals surface area contributed by atoms with Gasteiger partial charge in [-0.05, 0) is 30.3 Å². The number of aldehydes is 1. The Hall–Kier alpha value is -2.24. The summed E-state index contributed by atoms with van der Waals surface area (Å²) >= 11 is 0. The summed E-state index contributed by atoms with van der Waals surface area (Å²) in [6.07, 6.45) is -3.98. The largest absolute Gasteiger partial charge is 0.496 e. The normalized spacial score (nSPS) is 11.4. The second-order valence-corrected chi connectivity index (χ2v) is 3.73. The van der Waals surface area contributed by atoms with Gasteiger partial charge in [0.15, 0.2) is 12.0 Å². The van der Waals surface area contributed by atoms with Gasteiger partial charge in [-0.3, -0.25) is 4.79 Å². The molecule has 1 aromatic heterocycles. The number of carbonyl (C=O) groups excluding carboxylic acids is 1. The highest BCUT2D eigenvalue weighted by molar-refractivity contribution is 5.74. The van der Waals surface area contributed by atoms with E-state index in [4.69, 9.17) is 9.15 Å². The quantitative estimate of drug-likeness (QED) is 0.796. The first-order valence-electron chi connectivity index (χ1n) is 5.26. The van der Waals surface area contributed by atoms with Crippen LogP contribution in [0.1, 0.15) is 16.1 Å². The van der Waals surface area contributed by atoms with Crippen LogP contribution >= 0.6 is 0 Å². The number of halogens is 3. The molecule has 0 bridgehead atoms. The lowest BCUT2D eigenvalue weighted by molar-refractivity contribution is -0.137. The maximum absolute atomic E-state index is 12.7. The molecule has 0 saturated carbocycles. The number of benzene rings is 1. The number of ether oxygens (including phenoxy) is 1. The molecule has 2 rings (SSSR count). The number of rotatable bonds is 3. The number of hydrogen-bond acceptors (Lipinski definition) is 3. The van der Waals surface area contributed by atoms with Crippen molar-refractivity contribution in [1.29, 1.82) is 0 Å². The summed E-state index contributed by atoms with van der Waals surface area (Å²) in [5.41, 5.74) is -0.669. The lowest BCUT2D eigenvalue weighted by Gasteiger charge is -2.11. The molecule has 0 spiro atoms. The molecule has 0 aliphatic heterocycles. The Bertz CT molecular complexity index is 599. The van der Waals surface area contributed by atoms with Gasteiger partial charge in [-0.1, -0.05) is 0 Å². The second-order valence-electron chi connectivity index (χ2n) is 3.73. The number of furan rings is 1. The van der Waals surface area contributed by atoms with Gasteiger partial charge >= 0.3 is 6.18 Å². The summed E-state index contributed by atoms with van der Waals surface area (Å²) in [6, 6.07) is 5.85. The Morgan fingerprint density at radius 2 is 1.95 bits per heavy atom. The molecule has 19 heavy (non-hydrogen) atoms. The van der Waals surface area contributed by atoms with Crippen LogP contribution in [0.25, 0.3) is 11.3 Å². The SMILES string of the molecule is COc1ccc(C(F)(F)F)cc1-c1ccc(C=O)o1. The summed E-state index contributed by atoms with van der Waals surface area (Å²) in [4.78, 5) is 10.5. The number of carbonyl (C=O) groups is 1. The fourth-order valence-electron chi connectivity index (χ4n) is 1.64. The minimum Gasteiger partial charge on any atom is -0.496 e. The minimum absolute atomic E-state index is 0.0365. The molecule has 3 nitrogen and oxygen atoms in total. The minimum atomic E-state index is -4.46. The molecular weight excluding hydrogens is 261 g/mol. The van der Waals surface area contributed by atoms with Crippen LogP contribution in [0.3, 0.4) is 0 Å². The Balaban J connectivity index is 2.56. The van der Waals surface area contributed by atoms with Gasteiger partial charge in [0.25, 0.3) is 0 Å². The lowest BCUT2D eigenvalue weighted by atomic mass is 10.1. The van der Waals surface area contributed by atoms with Gasteiger partial charge in [0.05, 0.1) is 18.2 Å². The van der Waals surface area contributed by atoms with Crippen molar-refractivity contribution in [3.63, 3.8) is 0 Å². The summed E-state index contributed by atoms with van der Waals surface area (Å²) in [5.74, 6) is 0.416. The predicted molar refractivity (Wildman–Crippen MR) is 61.1 cm³/mol. The van der Waals surface area contributed by atoms with Crippen molar-refractivity contribution in [3.05, 3.63) is 41.7 Å². The summed E-state index contributed by atoms with van der Waals surface area (Å²) in [5, 5.41) is 0. The second kappa shape index (κ2) is 4.79. The van der Waals surface area contributed by atoms with Gasteiger partial charge in [0.2, 0.25) is 0 Å². The number of hydrogen-bond donors (Lipinski definition) is 0. The van der Waals surface area contributed by atoms with Crippen LogP contribution in [0.2, 0.25) is 0 Å². The summed E-state index contributed by atoms with van der Waals surface area (Å²) in [7, 11) is 1.34. The Morgan fingerprint density at radius 1 is 1.21 bits per heavy atom. The van der Waals surface area contributed by atoms with E-state index >= 15 is 0 Å². The van der Waals surface area contributed by atoms with Crippen molar-refractivity contribution in [1.82, 2.24) is 0 Å². The first kappa shape index (κ1) is 13.2. The van der Waals surface area contributed by atoms with Crippen LogP contribution < -0.4 is 4.74 Å². The first-order valence-corrected chi connectivity index (χ1v) is 5.26. The Kier molecular flexibility index (Phi) is 3.33. The van der Waals surface area contributed by atoms with Gasteiger partial charge in [0.1, 0.15) is 11.5 Å². The molecule has 0 saturated heterocycles. The molecule has 0 N–H and O–H groups in total. The van der Waals surface area contributed by atoms with E-state index in [0.717, 1.165) is 12.1 Å². The fourth-order valence-corrected chi connectivity index (χ4v) is 1.64. The van der Waals surface area contributed by atoms with Crippen LogP contribution in [-0.4, -0.2) is 13.4 Å². The van der Waals surface area contributed by atoms with Gasteiger partial charge in [-0.15, -0.1) is 0 Å². The molecule has 6 heteroatoms. The molecule has 2 aromatic rings. The molecular formula is C13H9F3O3. The number of methoxy groups -OCH3 is 1. The molecule has 1 aromatic carbocycles. The Labute approximate surface area is 106 Å². The third-order valence-corrected chi connectivity index (χ3v) is 2.54. The van der Waals surface area contributed by atoms with Crippen molar-refractivity contribution in [2.24, 2.45) is 0 Å². The van der Waals surface area contributed by atoms with Crippen molar-refractivity contribution < 1.29 is 27.1 Å². The van der Waals surface area contributed by atoms with E-state index in [0.29, 0.717) is 6.29 Å². The molecule has 100 valence electrons. The van der Waals surface area contributed by atoms with E-state index < -0.39 is 11.7 Å². The van der Waals surface area contributed by atoms with Crippen LogP contribution in [0.15, 0.2) is 34.7 Å². The summed E-state index contributed by atoms with van der Waals surface area (Å²) in [6.45, 7) is 0. The average molecular weight is 270 g/mol. The van der Waals surface area contributed by atoms with E-state index in [1.165, 1.54) is 25.3 Å². The van der Waals surface area contributed by atoms with Gasteiger partial charge in [-0.2, -0.15) is 13.2 Å². The van der Waals surface area contributed by atoms with Crippen LogP contribution in [-0.2, 0) is 6.18 Å². The molecule has 0 aliphatic carbocycles. The zero-order valence-electron chi connectivity index (χ0n) is 9.82. The number of alkyl halides is 3. The third kappa shape index (κ3) is 2.62. The van der Waals surface area contributed by atoms with Crippen molar-refractivity contribution >= 4 is 6.29 Å². The third-order valence-electron chi connectivity index (χ3n) is 2.54. The van der Waals surface area contributed by atoms with E-state index in [9.17, 15) is 18.0 Å². The van der Waals surface area contributed by atoms with E-state index in [-0.39, 0.29) is 22.8 Å². The molecule has 0 atom stereocenters. The highest BCUT2D eigenvalue weighted by Gasteiger charge is 2.31. The van der Waals surface area contributed by atoms with Crippen LogP contribution in [0, 0.1) is 0 Å². The van der Waals surface area contributed by atoms with E-state index in [1.807, 2.05) is 0 Å². The van der Waals surface area contributed by atoms with Crippen molar-refractivity contribution in [2.75, 3.05) is 7.11 Å². The average Bonchev–Trinajstić information content (AvgIpc) is 2.85. The molecule has 1 heterocycles. The standard InChI is InChI=1S/C13H9F3O3/c1-18-11-4-2-8(13(14,15)16)6-10(11)12-5-3-9(7-17)19-12/h2-7H,1H3. The zero-order chi connectivity index (χ0) is 14.0. The smallest absolute Gasteiger partial charge is 0.416 e. The van der Waals surface area contributed by atoms with E-state index in [2.05, 4.69) is 0 Å². The highest BCUT2D eigenvalue weighted by Crippen LogP contribution is 2.37. The molecule has 0 unspecified atom stereocenters. The maximum atomic E-state index is 12.7. The molecule has 0 radical (unpaired) electrons. The van der Waals surface area contributed by atoms with Gasteiger partial charge < -0.3 is 9.15 Å². The lowest BCUT2D eigenvalue weighted by Crippen LogP contribution is -2.05. The zero-order valence-corrected chi connectivity index (χ0v) is 9.82. The fraction of sp³-hybridized carbons (Fsp3) is 0.154. The van der Waals surface area contributed by atoms with Crippen LogP contribution in [0.5, 0.6) is 5.75 Å². The topological polar surface area (TPSA) is 39.4 Å². The van der Waals surface area contributed by atoms with Gasteiger partial charge in [-0.25, -0.2) is 0 Å². The Morgan fingerprint density at radius 3 is 2.47 bits per heavy atom.